The first kappa shape index (κ1) is 18.7. The van der Waals surface area contributed by atoms with Crippen LogP contribution >= 0.6 is 0 Å². The molecule has 1 unspecified atom stereocenters. The van der Waals surface area contributed by atoms with Crippen molar-refractivity contribution in [3.05, 3.63) is 34.9 Å². The fraction of sp³-hybridized carbons (Fsp3) is 0.474. The van der Waals surface area contributed by atoms with Crippen molar-refractivity contribution in [2.45, 2.75) is 43.9 Å². The fourth-order valence-electron chi connectivity index (χ4n) is 3.84. The molecule has 0 aliphatic carbocycles. The number of hydrogen-bond acceptors (Lipinski definition) is 7. The zero-order valence-corrected chi connectivity index (χ0v) is 15.3. The number of ether oxygens (including phenoxy) is 1. The first-order valence-corrected chi connectivity index (χ1v) is 9.37. The van der Waals surface area contributed by atoms with E-state index in [-0.39, 0.29) is 36.1 Å². The number of imide groups is 2. The Labute approximate surface area is 161 Å². The highest BCUT2D eigenvalue weighted by molar-refractivity contribution is 6.23. The highest BCUT2D eigenvalue weighted by atomic mass is 16.5. The number of benzene rings is 1. The van der Waals surface area contributed by atoms with Gasteiger partial charge in [-0.05, 0) is 30.5 Å². The quantitative estimate of drug-likeness (QED) is 0.583. The summed E-state index contributed by atoms with van der Waals surface area (Å²) in [6, 6.07) is 4.14. The van der Waals surface area contributed by atoms with Gasteiger partial charge in [-0.2, -0.15) is 0 Å². The maximum atomic E-state index is 12.8. The molecule has 9 nitrogen and oxygen atoms in total. The van der Waals surface area contributed by atoms with Gasteiger partial charge in [-0.1, -0.05) is 6.07 Å². The molecule has 148 valence electrons. The van der Waals surface area contributed by atoms with Crippen molar-refractivity contribution >= 4 is 23.6 Å². The summed E-state index contributed by atoms with van der Waals surface area (Å²) in [6.45, 7) is 1.67. The van der Waals surface area contributed by atoms with E-state index in [2.05, 4.69) is 10.6 Å². The van der Waals surface area contributed by atoms with Gasteiger partial charge < -0.3 is 15.8 Å². The van der Waals surface area contributed by atoms with Crippen LogP contribution in [-0.2, 0) is 20.9 Å². The Hall–Kier alpha value is -2.62. The third kappa shape index (κ3) is 3.32. The van der Waals surface area contributed by atoms with E-state index in [0.29, 0.717) is 19.8 Å². The number of carbonyl (C=O) groups excluding carboxylic acids is 4. The Bertz CT molecular complexity index is 855. The second-order valence-corrected chi connectivity index (χ2v) is 7.34. The van der Waals surface area contributed by atoms with Crippen molar-refractivity contribution < 1.29 is 23.9 Å². The predicted octanol–water partition coefficient (Wildman–Crippen LogP) is -0.706. The molecule has 0 bridgehead atoms. The molecule has 1 aromatic rings. The standard InChI is InChI=1S/C19H22N4O5/c20-13-5-6-28-9-14(13)21-8-10-1-2-11-12(7-10)19(27)23(18(11)26)15-3-4-16(24)22-17(15)25/h1-2,7,13-15,21H,3-6,8-9,20H2,(H,22,24,25)/t13-,14+,15?/m1/s1. The van der Waals surface area contributed by atoms with Crippen molar-refractivity contribution in [2.75, 3.05) is 13.2 Å². The van der Waals surface area contributed by atoms with Crippen LogP contribution in [0.15, 0.2) is 18.2 Å². The predicted molar refractivity (Wildman–Crippen MR) is 97.2 cm³/mol. The van der Waals surface area contributed by atoms with E-state index in [4.69, 9.17) is 10.5 Å². The van der Waals surface area contributed by atoms with Crippen molar-refractivity contribution in [1.29, 1.82) is 0 Å². The molecule has 2 saturated heterocycles. The number of rotatable bonds is 4. The van der Waals surface area contributed by atoms with E-state index >= 15 is 0 Å². The summed E-state index contributed by atoms with van der Waals surface area (Å²) in [5.74, 6) is -2.01. The number of hydrogen-bond donors (Lipinski definition) is 3. The van der Waals surface area contributed by atoms with Gasteiger partial charge in [-0.25, -0.2) is 0 Å². The zero-order chi connectivity index (χ0) is 19.8. The molecule has 4 N–H and O–H groups in total. The molecular formula is C19H22N4O5. The molecule has 0 spiro atoms. The van der Waals surface area contributed by atoms with Gasteiger partial charge in [0.05, 0.1) is 17.7 Å². The summed E-state index contributed by atoms with van der Waals surface area (Å²) in [5, 5.41) is 5.52. The van der Waals surface area contributed by atoms with Gasteiger partial charge >= 0.3 is 0 Å². The summed E-state index contributed by atoms with van der Waals surface area (Å²) in [5.41, 5.74) is 7.47. The lowest BCUT2D eigenvalue weighted by atomic mass is 10.0. The van der Waals surface area contributed by atoms with E-state index < -0.39 is 29.7 Å². The molecule has 4 amide bonds. The Balaban J connectivity index is 1.49. The molecule has 1 aromatic carbocycles. The van der Waals surface area contributed by atoms with Crippen LogP contribution in [0.3, 0.4) is 0 Å². The number of piperidine rings is 1. The Kier molecular flexibility index (Phi) is 4.96. The van der Waals surface area contributed by atoms with Crippen LogP contribution in [0.1, 0.15) is 45.5 Å². The van der Waals surface area contributed by atoms with Gasteiger partial charge in [0.25, 0.3) is 11.8 Å². The molecule has 3 heterocycles. The Morgan fingerprint density at radius 3 is 2.68 bits per heavy atom. The first-order chi connectivity index (χ1) is 13.5. The number of amides is 4. The molecule has 2 fully saturated rings. The van der Waals surface area contributed by atoms with Crippen molar-refractivity contribution in [3.8, 4) is 0 Å². The number of nitrogens with one attached hydrogen (secondary N) is 2. The van der Waals surface area contributed by atoms with E-state index in [1.54, 1.807) is 18.2 Å². The third-order valence-corrected chi connectivity index (χ3v) is 5.48. The maximum Gasteiger partial charge on any atom is 0.262 e. The largest absolute Gasteiger partial charge is 0.380 e. The average Bonchev–Trinajstić information content (AvgIpc) is 2.92. The van der Waals surface area contributed by atoms with Crippen molar-refractivity contribution in [3.63, 3.8) is 0 Å². The first-order valence-electron chi connectivity index (χ1n) is 9.37. The van der Waals surface area contributed by atoms with Crippen molar-refractivity contribution in [1.82, 2.24) is 15.5 Å². The second-order valence-electron chi connectivity index (χ2n) is 7.34. The van der Waals surface area contributed by atoms with Crippen LogP contribution in [0.2, 0.25) is 0 Å². The molecule has 3 aliphatic heterocycles. The van der Waals surface area contributed by atoms with E-state index in [0.717, 1.165) is 16.9 Å². The topological polar surface area (TPSA) is 131 Å². The molecule has 3 atom stereocenters. The number of carbonyl (C=O) groups is 4. The molecule has 0 radical (unpaired) electrons. The van der Waals surface area contributed by atoms with Crippen LogP contribution < -0.4 is 16.4 Å². The summed E-state index contributed by atoms with van der Waals surface area (Å²) >= 11 is 0. The van der Waals surface area contributed by atoms with Gasteiger partial charge in [-0.3, -0.25) is 29.4 Å². The van der Waals surface area contributed by atoms with E-state index in [1.165, 1.54) is 0 Å². The van der Waals surface area contributed by atoms with Gasteiger partial charge in [0.1, 0.15) is 6.04 Å². The van der Waals surface area contributed by atoms with Gasteiger partial charge in [0.15, 0.2) is 0 Å². The van der Waals surface area contributed by atoms with E-state index in [1.807, 2.05) is 0 Å². The van der Waals surface area contributed by atoms with Gasteiger partial charge in [0, 0.05) is 31.7 Å². The zero-order valence-electron chi connectivity index (χ0n) is 15.3. The Morgan fingerprint density at radius 1 is 1.14 bits per heavy atom. The van der Waals surface area contributed by atoms with E-state index in [9.17, 15) is 19.2 Å². The highest BCUT2D eigenvalue weighted by Gasteiger charge is 2.44. The second kappa shape index (κ2) is 7.42. The summed E-state index contributed by atoms with van der Waals surface area (Å²) < 4.78 is 5.44. The summed E-state index contributed by atoms with van der Waals surface area (Å²) in [4.78, 5) is 49.9. The van der Waals surface area contributed by atoms with Gasteiger partial charge in [0.2, 0.25) is 11.8 Å². The third-order valence-electron chi connectivity index (χ3n) is 5.48. The molecule has 4 rings (SSSR count). The van der Waals surface area contributed by atoms with Crippen molar-refractivity contribution in [2.24, 2.45) is 5.73 Å². The lowest BCUT2D eigenvalue weighted by molar-refractivity contribution is -0.136. The number of nitrogens with zero attached hydrogens (tertiary/aromatic N) is 1. The lowest BCUT2D eigenvalue weighted by Gasteiger charge is -2.29. The maximum absolute atomic E-state index is 12.8. The monoisotopic (exact) mass is 386 g/mol. The fourth-order valence-corrected chi connectivity index (χ4v) is 3.84. The molecule has 3 aliphatic rings. The molecule has 28 heavy (non-hydrogen) atoms. The van der Waals surface area contributed by atoms with Crippen LogP contribution in [-0.4, -0.2) is 59.9 Å². The molecular weight excluding hydrogens is 364 g/mol. The van der Waals surface area contributed by atoms with Crippen LogP contribution in [0.4, 0.5) is 0 Å². The minimum absolute atomic E-state index is 0.00871. The minimum Gasteiger partial charge on any atom is -0.380 e. The smallest absolute Gasteiger partial charge is 0.262 e. The summed E-state index contributed by atoms with van der Waals surface area (Å²) in [7, 11) is 0. The van der Waals surface area contributed by atoms with Crippen LogP contribution in [0.25, 0.3) is 0 Å². The summed E-state index contributed by atoms with van der Waals surface area (Å²) in [6.07, 6.45) is 1.03. The lowest BCUT2D eigenvalue weighted by Crippen LogP contribution is -2.54. The van der Waals surface area contributed by atoms with Crippen LogP contribution in [0, 0.1) is 0 Å². The van der Waals surface area contributed by atoms with Crippen LogP contribution in [0.5, 0.6) is 0 Å². The number of nitrogens with two attached hydrogens (primary N) is 1. The normalized spacial score (nSPS) is 27.8. The Morgan fingerprint density at radius 2 is 1.93 bits per heavy atom. The molecule has 9 heteroatoms. The number of fused-ring (bicyclic) bond motifs is 1. The average molecular weight is 386 g/mol. The molecule has 0 aromatic heterocycles. The highest BCUT2D eigenvalue weighted by Crippen LogP contribution is 2.28. The van der Waals surface area contributed by atoms with Gasteiger partial charge in [-0.15, -0.1) is 0 Å². The minimum atomic E-state index is -0.955. The molecule has 0 saturated carbocycles. The SMILES string of the molecule is N[C@@H]1CCOC[C@@H]1NCc1ccc2c(c1)C(=O)N(C1CCC(=O)NC1=O)C2=O.